The van der Waals surface area contributed by atoms with E-state index in [9.17, 15) is 4.79 Å². The van der Waals surface area contributed by atoms with Crippen LogP contribution in [-0.4, -0.2) is 33.1 Å². The molecule has 0 atom stereocenters. The summed E-state index contributed by atoms with van der Waals surface area (Å²) in [5, 5.41) is 4.25. The number of ketones is 1. The number of hydrogen-bond acceptors (Lipinski definition) is 4. The maximum atomic E-state index is 11.3. The normalized spacial score (nSPS) is 22.7. The summed E-state index contributed by atoms with van der Waals surface area (Å²) in [6.45, 7) is 5.43. The summed E-state index contributed by atoms with van der Waals surface area (Å²) >= 11 is 0. The van der Waals surface area contributed by atoms with E-state index < -0.39 is 0 Å². The monoisotopic (exact) mass is 296 g/mol. The van der Waals surface area contributed by atoms with Gasteiger partial charge >= 0.3 is 0 Å². The van der Waals surface area contributed by atoms with E-state index in [-0.39, 0.29) is 5.78 Å². The molecule has 5 heteroatoms. The Balaban J connectivity index is 1.53. The SMILES string of the molecule is CC(=O)c1cnn(Cc2ccc(N3CC4CC3C4)nc2C)c1. The molecule has 0 N–H and O–H groups in total. The van der Waals surface area contributed by atoms with E-state index in [1.54, 1.807) is 24.0 Å². The number of carbonyl (C=O) groups excluding carboxylic acids is 1. The fraction of sp³-hybridized carbons (Fsp3) is 0.471. The largest absolute Gasteiger partial charge is 0.353 e. The average molecular weight is 296 g/mol. The Kier molecular flexibility index (Phi) is 3.03. The number of carbonyl (C=O) groups is 1. The summed E-state index contributed by atoms with van der Waals surface area (Å²) < 4.78 is 1.80. The zero-order chi connectivity index (χ0) is 15.3. The highest BCUT2D eigenvalue weighted by molar-refractivity contribution is 5.93. The standard InChI is InChI=1S/C17H20N4O/c1-11-14(9-20-10-15(7-18-20)12(2)22)3-4-17(19-11)21-8-13-5-16(21)6-13/h3-4,7,10,13,16H,5-6,8-9H2,1-2H3. The molecule has 2 bridgehead atoms. The first-order valence-corrected chi connectivity index (χ1v) is 7.86. The zero-order valence-corrected chi connectivity index (χ0v) is 13.0. The van der Waals surface area contributed by atoms with Crippen molar-refractivity contribution in [1.29, 1.82) is 0 Å². The second-order valence-electron chi connectivity index (χ2n) is 6.54. The van der Waals surface area contributed by atoms with Crippen LogP contribution in [0.3, 0.4) is 0 Å². The number of fused-ring (bicyclic) bond motifs is 1. The van der Waals surface area contributed by atoms with Crippen molar-refractivity contribution < 1.29 is 4.79 Å². The van der Waals surface area contributed by atoms with Gasteiger partial charge in [-0.3, -0.25) is 9.48 Å². The molecule has 0 unspecified atom stereocenters. The number of Topliss-reactive ketones (excluding diaryl/α,β-unsaturated/α-hetero) is 1. The topological polar surface area (TPSA) is 51.0 Å². The van der Waals surface area contributed by atoms with Crippen molar-refractivity contribution in [3.63, 3.8) is 0 Å². The number of anilines is 1. The van der Waals surface area contributed by atoms with Gasteiger partial charge in [0.25, 0.3) is 0 Å². The predicted octanol–water partition coefficient (Wildman–Crippen LogP) is 2.44. The first-order valence-electron chi connectivity index (χ1n) is 7.86. The number of aromatic nitrogens is 3. The van der Waals surface area contributed by atoms with Crippen LogP contribution in [0.25, 0.3) is 0 Å². The molecule has 22 heavy (non-hydrogen) atoms. The van der Waals surface area contributed by atoms with E-state index in [0.29, 0.717) is 18.2 Å². The van der Waals surface area contributed by atoms with Crippen LogP contribution >= 0.6 is 0 Å². The highest BCUT2D eigenvalue weighted by Crippen LogP contribution is 2.42. The van der Waals surface area contributed by atoms with E-state index in [1.165, 1.54) is 12.8 Å². The molecule has 4 heterocycles. The predicted molar refractivity (Wildman–Crippen MR) is 84.2 cm³/mol. The molecule has 5 nitrogen and oxygen atoms in total. The molecule has 2 aromatic heterocycles. The molecule has 0 radical (unpaired) electrons. The highest BCUT2D eigenvalue weighted by Gasteiger charge is 2.43. The van der Waals surface area contributed by atoms with Crippen molar-refractivity contribution in [2.45, 2.75) is 39.3 Å². The van der Waals surface area contributed by atoms with Crippen LogP contribution in [0.4, 0.5) is 5.82 Å². The van der Waals surface area contributed by atoms with E-state index >= 15 is 0 Å². The van der Waals surface area contributed by atoms with Gasteiger partial charge < -0.3 is 4.90 Å². The lowest BCUT2D eigenvalue weighted by Gasteiger charge is -2.26. The van der Waals surface area contributed by atoms with Crippen LogP contribution < -0.4 is 4.90 Å². The number of pyridine rings is 1. The van der Waals surface area contributed by atoms with Crippen molar-refractivity contribution in [3.8, 4) is 0 Å². The van der Waals surface area contributed by atoms with E-state index in [1.807, 2.05) is 0 Å². The summed E-state index contributed by atoms with van der Waals surface area (Å²) in [4.78, 5) is 18.6. The molecule has 3 fully saturated rings. The van der Waals surface area contributed by atoms with Gasteiger partial charge in [-0.25, -0.2) is 4.98 Å². The minimum absolute atomic E-state index is 0.0458. The van der Waals surface area contributed by atoms with Crippen LogP contribution in [0.2, 0.25) is 0 Å². The smallest absolute Gasteiger partial charge is 0.162 e. The Morgan fingerprint density at radius 3 is 2.77 bits per heavy atom. The maximum absolute atomic E-state index is 11.3. The fourth-order valence-corrected chi connectivity index (χ4v) is 3.52. The van der Waals surface area contributed by atoms with Crippen molar-refractivity contribution >= 4 is 11.6 Å². The Labute approximate surface area is 130 Å². The van der Waals surface area contributed by atoms with Gasteiger partial charge in [0.1, 0.15) is 5.82 Å². The first kappa shape index (κ1) is 13.5. The van der Waals surface area contributed by atoms with Gasteiger partial charge in [0, 0.05) is 24.5 Å². The third-order valence-corrected chi connectivity index (χ3v) is 4.95. The van der Waals surface area contributed by atoms with Crippen molar-refractivity contribution in [1.82, 2.24) is 14.8 Å². The molecule has 2 aromatic rings. The van der Waals surface area contributed by atoms with Crippen LogP contribution in [-0.2, 0) is 6.54 Å². The first-order chi connectivity index (χ1) is 10.6. The van der Waals surface area contributed by atoms with Gasteiger partial charge in [0.2, 0.25) is 0 Å². The lowest BCUT2D eigenvalue weighted by molar-refractivity contribution is 0.101. The van der Waals surface area contributed by atoms with Gasteiger partial charge in [-0.05, 0) is 44.2 Å². The molecule has 2 saturated heterocycles. The van der Waals surface area contributed by atoms with Gasteiger partial charge in [-0.2, -0.15) is 5.10 Å². The van der Waals surface area contributed by atoms with Crippen molar-refractivity contribution in [3.05, 3.63) is 41.3 Å². The number of aryl methyl sites for hydroxylation is 1. The summed E-state index contributed by atoms with van der Waals surface area (Å²) in [6.07, 6.45) is 6.09. The highest BCUT2D eigenvalue weighted by atomic mass is 16.1. The summed E-state index contributed by atoms with van der Waals surface area (Å²) in [7, 11) is 0. The third-order valence-electron chi connectivity index (χ3n) is 4.95. The molecule has 2 aliphatic heterocycles. The number of nitrogens with zero attached hydrogens (tertiary/aromatic N) is 4. The summed E-state index contributed by atoms with van der Waals surface area (Å²) in [6, 6.07) is 4.98. The lowest BCUT2D eigenvalue weighted by Crippen LogP contribution is -2.29. The van der Waals surface area contributed by atoms with Crippen LogP contribution in [0, 0.1) is 12.8 Å². The fourth-order valence-electron chi connectivity index (χ4n) is 3.52. The van der Waals surface area contributed by atoms with Gasteiger partial charge in [-0.15, -0.1) is 0 Å². The van der Waals surface area contributed by atoms with E-state index in [2.05, 4.69) is 29.1 Å². The molecule has 3 aliphatic rings. The second kappa shape index (κ2) is 4.93. The minimum atomic E-state index is 0.0458. The second-order valence-corrected chi connectivity index (χ2v) is 6.54. The number of hydrogen-bond donors (Lipinski definition) is 0. The molecule has 0 aromatic carbocycles. The van der Waals surface area contributed by atoms with Gasteiger partial charge in [-0.1, -0.05) is 6.07 Å². The molecule has 5 rings (SSSR count). The zero-order valence-electron chi connectivity index (χ0n) is 13.0. The number of rotatable bonds is 4. The van der Waals surface area contributed by atoms with E-state index in [0.717, 1.165) is 29.5 Å². The van der Waals surface area contributed by atoms with Crippen LogP contribution in [0.5, 0.6) is 0 Å². The molecule has 0 spiro atoms. The Morgan fingerprint density at radius 1 is 1.36 bits per heavy atom. The molecule has 1 aliphatic carbocycles. The lowest BCUT2D eigenvalue weighted by atomic mass is 9.86. The Hall–Kier alpha value is -2.17. The van der Waals surface area contributed by atoms with Crippen LogP contribution in [0.1, 0.15) is 41.4 Å². The van der Waals surface area contributed by atoms with Crippen molar-refractivity contribution in [2.24, 2.45) is 5.92 Å². The van der Waals surface area contributed by atoms with E-state index in [4.69, 9.17) is 4.98 Å². The Bertz CT molecular complexity index is 730. The molecule has 1 saturated carbocycles. The van der Waals surface area contributed by atoms with Gasteiger partial charge in [0.15, 0.2) is 5.78 Å². The van der Waals surface area contributed by atoms with Crippen molar-refractivity contribution in [2.75, 3.05) is 11.4 Å². The molecule has 114 valence electrons. The minimum Gasteiger partial charge on any atom is -0.353 e. The maximum Gasteiger partial charge on any atom is 0.162 e. The molecule has 0 amide bonds. The molecular weight excluding hydrogens is 276 g/mol. The quantitative estimate of drug-likeness (QED) is 0.813. The van der Waals surface area contributed by atoms with Gasteiger partial charge in [0.05, 0.1) is 18.3 Å². The average Bonchev–Trinajstić information content (AvgIpc) is 3.14. The summed E-state index contributed by atoms with van der Waals surface area (Å²) in [5.74, 6) is 2.04. The Morgan fingerprint density at radius 2 is 2.18 bits per heavy atom. The van der Waals surface area contributed by atoms with Crippen LogP contribution in [0.15, 0.2) is 24.5 Å². The third kappa shape index (κ3) is 2.21. The molecular formula is C17H20N4O. The summed E-state index contributed by atoms with van der Waals surface area (Å²) in [5.41, 5.74) is 2.84.